The second-order valence-corrected chi connectivity index (χ2v) is 14.6. The van der Waals surface area contributed by atoms with E-state index in [0.717, 1.165) is 27.5 Å². The number of nitrogens with zero attached hydrogens (tertiary/aromatic N) is 1. The van der Waals surface area contributed by atoms with E-state index in [4.69, 9.17) is 4.42 Å². The summed E-state index contributed by atoms with van der Waals surface area (Å²) in [5, 5.41) is 4.73. The topological polar surface area (TPSA) is 18.1 Å². The molecule has 2 heterocycles. The molecule has 2 aromatic heterocycles. The number of furan rings is 1. The van der Waals surface area contributed by atoms with Gasteiger partial charge in [-0.3, -0.25) is 0 Å². The van der Waals surface area contributed by atoms with E-state index in [1.54, 1.807) is 0 Å². The zero-order chi connectivity index (χ0) is 37.8. The Labute approximate surface area is 331 Å². The average Bonchev–Trinajstić information content (AvgIpc) is 4.01. The van der Waals surface area contributed by atoms with E-state index in [1.807, 2.05) is 54.6 Å². The molecule has 0 saturated carbocycles. The van der Waals surface area contributed by atoms with Crippen LogP contribution >= 0.6 is 0 Å². The van der Waals surface area contributed by atoms with Gasteiger partial charge in [-0.2, -0.15) is 0 Å². The number of hydrogen-bond donors (Lipinski definition) is 0. The van der Waals surface area contributed by atoms with E-state index in [0.29, 0.717) is 0 Å². The molecule has 57 heavy (non-hydrogen) atoms. The maximum absolute atomic E-state index is 5.62. The Hall–Kier alpha value is -7.42. The molecular formula is C55H35NO. The predicted octanol–water partition coefficient (Wildman–Crippen LogP) is 14.0. The highest BCUT2D eigenvalue weighted by Crippen LogP contribution is 2.62. The van der Waals surface area contributed by atoms with Crippen LogP contribution in [0.2, 0.25) is 0 Å². The van der Waals surface area contributed by atoms with Crippen molar-refractivity contribution in [3.05, 3.63) is 247 Å². The summed E-state index contributed by atoms with van der Waals surface area (Å²) in [4.78, 5) is 0. The summed E-state index contributed by atoms with van der Waals surface area (Å²) in [6.07, 6.45) is 0. The second kappa shape index (κ2) is 13.4. The monoisotopic (exact) mass is 725 g/mol. The number of hydrogen-bond acceptors (Lipinski definition) is 1. The fraction of sp³-hybridized carbons (Fsp3) is 0.0182. The Morgan fingerprint density at radius 2 is 0.825 bits per heavy atom. The van der Waals surface area contributed by atoms with Gasteiger partial charge in [0.2, 0.25) is 0 Å². The smallest absolute Gasteiger partial charge is 0.136 e. The lowest BCUT2D eigenvalue weighted by Gasteiger charge is -2.30. The van der Waals surface area contributed by atoms with Crippen molar-refractivity contribution in [2.75, 3.05) is 0 Å². The van der Waals surface area contributed by atoms with Crippen LogP contribution in [0.3, 0.4) is 0 Å². The molecule has 2 radical (unpaired) electrons. The highest BCUT2D eigenvalue weighted by atomic mass is 16.3. The van der Waals surface area contributed by atoms with Crippen molar-refractivity contribution in [3.8, 4) is 27.9 Å². The molecule has 0 amide bonds. The van der Waals surface area contributed by atoms with Gasteiger partial charge in [0.1, 0.15) is 11.2 Å². The SMILES string of the molecule is [c]1cccc2c3ccccc3n(-c3ccccc3)c12.[c]1cccc2oc3ccccc3c12.c1ccc2c(c1)-c1ccccc1C21c2ccccc2-c2ccccc21. The van der Waals surface area contributed by atoms with Gasteiger partial charge in [0.05, 0.1) is 16.4 Å². The fourth-order valence-electron chi connectivity index (χ4n) is 9.34. The van der Waals surface area contributed by atoms with E-state index >= 15 is 0 Å². The molecule has 0 unspecified atom stereocenters. The molecule has 13 rings (SSSR count). The van der Waals surface area contributed by atoms with E-state index in [-0.39, 0.29) is 5.41 Å². The Balaban J connectivity index is 0.000000104. The number of benzene rings is 9. The zero-order valence-corrected chi connectivity index (χ0v) is 31.1. The van der Waals surface area contributed by atoms with Crippen LogP contribution in [0, 0.1) is 12.1 Å². The van der Waals surface area contributed by atoms with Crippen molar-refractivity contribution in [1.29, 1.82) is 0 Å². The van der Waals surface area contributed by atoms with Crippen LogP contribution < -0.4 is 0 Å². The third-order valence-electron chi connectivity index (χ3n) is 11.6. The first-order valence-corrected chi connectivity index (χ1v) is 19.4. The summed E-state index contributed by atoms with van der Waals surface area (Å²) >= 11 is 0. The van der Waals surface area contributed by atoms with Gasteiger partial charge in [-0.05, 0) is 80.9 Å². The molecule has 2 aliphatic carbocycles. The first-order valence-electron chi connectivity index (χ1n) is 19.4. The molecule has 0 bridgehead atoms. The summed E-state index contributed by atoms with van der Waals surface area (Å²) in [5.41, 5.74) is 16.3. The molecule has 2 heteroatoms. The van der Waals surface area contributed by atoms with Crippen molar-refractivity contribution in [1.82, 2.24) is 4.57 Å². The minimum Gasteiger partial charge on any atom is -0.456 e. The van der Waals surface area contributed by atoms with Crippen molar-refractivity contribution in [3.63, 3.8) is 0 Å². The molecule has 9 aromatic carbocycles. The maximum atomic E-state index is 5.62. The van der Waals surface area contributed by atoms with Crippen LogP contribution in [0.25, 0.3) is 71.7 Å². The van der Waals surface area contributed by atoms with E-state index < -0.39 is 0 Å². The molecular weight excluding hydrogens is 691 g/mol. The van der Waals surface area contributed by atoms with Crippen LogP contribution in [0.15, 0.2) is 217 Å². The Morgan fingerprint density at radius 1 is 0.368 bits per heavy atom. The van der Waals surface area contributed by atoms with Gasteiger partial charge in [-0.25, -0.2) is 0 Å². The highest BCUT2D eigenvalue weighted by Gasteiger charge is 2.51. The van der Waals surface area contributed by atoms with Crippen molar-refractivity contribution in [2.45, 2.75) is 5.41 Å². The minimum atomic E-state index is -0.180. The molecule has 0 fully saturated rings. The standard InChI is InChI=1S/C25H16.C18H12N.C12H7O/c1-5-13-21-17(9-1)18-10-2-6-14-22(18)25(21)23-15-7-3-11-19(23)20-12-4-8-16-24(20)25;1-2-8-14(9-3-1)19-17-12-6-4-10-15(17)16-11-5-7-13-18(16)19;1-3-7-11-9(5-1)10-6-2-4-8-12(10)13-11/h1-16H;1-12H;1-5,7-8H. The molecule has 0 saturated heterocycles. The van der Waals surface area contributed by atoms with Crippen LogP contribution in [0.1, 0.15) is 22.3 Å². The number of aromatic nitrogens is 1. The third kappa shape index (κ3) is 5.04. The lowest BCUT2D eigenvalue weighted by molar-refractivity contribution is 0.669. The quantitative estimate of drug-likeness (QED) is 0.165. The predicted molar refractivity (Wildman–Crippen MR) is 235 cm³/mol. The van der Waals surface area contributed by atoms with E-state index in [9.17, 15) is 0 Å². The zero-order valence-electron chi connectivity index (χ0n) is 31.1. The molecule has 2 aliphatic rings. The number of para-hydroxylation sites is 4. The maximum Gasteiger partial charge on any atom is 0.136 e. The van der Waals surface area contributed by atoms with Gasteiger partial charge >= 0.3 is 0 Å². The minimum absolute atomic E-state index is 0.180. The molecule has 0 atom stereocenters. The fourth-order valence-corrected chi connectivity index (χ4v) is 9.34. The van der Waals surface area contributed by atoms with Crippen molar-refractivity contribution in [2.24, 2.45) is 0 Å². The van der Waals surface area contributed by atoms with Crippen molar-refractivity contribution >= 4 is 43.7 Å². The van der Waals surface area contributed by atoms with E-state index in [2.05, 4.69) is 174 Å². The van der Waals surface area contributed by atoms with Crippen LogP contribution in [-0.4, -0.2) is 4.57 Å². The lowest BCUT2D eigenvalue weighted by atomic mass is 9.70. The van der Waals surface area contributed by atoms with Gasteiger partial charge in [-0.1, -0.05) is 182 Å². The summed E-state index contributed by atoms with van der Waals surface area (Å²) in [5.74, 6) is 0. The van der Waals surface area contributed by atoms with Gasteiger partial charge in [0, 0.05) is 33.3 Å². The molecule has 1 spiro atoms. The van der Waals surface area contributed by atoms with Crippen LogP contribution in [0.4, 0.5) is 0 Å². The summed E-state index contributed by atoms with van der Waals surface area (Å²) in [6.45, 7) is 0. The first kappa shape index (κ1) is 33.0. The number of fused-ring (bicyclic) bond motifs is 16. The second-order valence-electron chi connectivity index (χ2n) is 14.6. The molecule has 266 valence electrons. The molecule has 0 aliphatic heterocycles. The highest BCUT2D eigenvalue weighted by molar-refractivity contribution is 6.09. The average molecular weight is 726 g/mol. The van der Waals surface area contributed by atoms with Gasteiger partial charge in [-0.15, -0.1) is 0 Å². The third-order valence-corrected chi connectivity index (χ3v) is 11.6. The van der Waals surface area contributed by atoms with Gasteiger partial charge < -0.3 is 8.98 Å². The molecule has 11 aromatic rings. The normalized spacial score (nSPS) is 12.7. The summed E-state index contributed by atoms with van der Waals surface area (Å²) in [6, 6.07) is 81.2. The van der Waals surface area contributed by atoms with Crippen LogP contribution in [0.5, 0.6) is 0 Å². The molecule has 2 nitrogen and oxygen atoms in total. The largest absolute Gasteiger partial charge is 0.456 e. The first-order chi connectivity index (χ1) is 28.3. The van der Waals surface area contributed by atoms with Crippen LogP contribution in [-0.2, 0) is 5.41 Å². The Morgan fingerprint density at radius 3 is 1.46 bits per heavy atom. The number of rotatable bonds is 1. The molecule has 0 N–H and O–H groups in total. The Kier molecular flexibility index (Phi) is 7.75. The lowest BCUT2D eigenvalue weighted by Crippen LogP contribution is -2.25. The summed E-state index contributed by atoms with van der Waals surface area (Å²) < 4.78 is 7.89. The van der Waals surface area contributed by atoms with Gasteiger partial charge in [0.15, 0.2) is 0 Å². The van der Waals surface area contributed by atoms with Gasteiger partial charge in [0.25, 0.3) is 0 Å². The Bertz CT molecular complexity index is 2970. The summed E-state index contributed by atoms with van der Waals surface area (Å²) in [7, 11) is 0. The van der Waals surface area contributed by atoms with E-state index in [1.165, 1.54) is 66.5 Å². The van der Waals surface area contributed by atoms with Crippen molar-refractivity contribution < 1.29 is 4.42 Å².